The van der Waals surface area contributed by atoms with Crippen LogP contribution >= 0.6 is 11.3 Å². The van der Waals surface area contributed by atoms with Crippen molar-refractivity contribution in [3.8, 4) is 0 Å². The van der Waals surface area contributed by atoms with Gasteiger partial charge < -0.3 is 4.90 Å². The van der Waals surface area contributed by atoms with Crippen LogP contribution < -0.4 is 0 Å². The van der Waals surface area contributed by atoms with E-state index in [0.29, 0.717) is 5.56 Å². The monoisotopic (exact) mass is 259 g/mol. The van der Waals surface area contributed by atoms with Crippen molar-refractivity contribution in [2.75, 3.05) is 6.54 Å². The van der Waals surface area contributed by atoms with E-state index in [1.54, 1.807) is 36.0 Å². The second-order valence-corrected chi connectivity index (χ2v) is 5.19. The fourth-order valence-corrected chi connectivity index (χ4v) is 3.11. The molecule has 1 saturated heterocycles. The van der Waals surface area contributed by atoms with Gasteiger partial charge in [0.25, 0.3) is 5.91 Å². The molecule has 1 unspecified atom stereocenters. The molecule has 2 aromatic rings. The van der Waals surface area contributed by atoms with Crippen LogP contribution in [0.15, 0.2) is 36.1 Å². The van der Waals surface area contributed by atoms with Crippen LogP contribution in [0.25, 0.3) is 0 Å². The molecule has 1 atom stereocenters. The summed E-state index contributed by atoms with van der Waals surface area (Å²) in [7, 11) is 0. The van der Waals surface area contributed by atoms with Gasteiger partial charge in [-0.3, -0.25) is 9.78 Å². The Morgan fingerprint density at radius 3 is 3.11 bits per heavy atom. The fraction of sp³-hybridized carbons (Fsp3) is 0.308. The number of thiazole rings is 1. The van der Waals surface area contributed by atoms with E-state index in [1.807, 2.05) is 16.3 Å². The van der Waals surface area contributed by atoms with Gasteiger partial charge >= 0.3 is 0 Å². The third-order valence-corrected chi connectivity index (χ3v) is 4.04. The highest BCUT2D eigenvalue weighted by Crippen LogP contribution is 2.33. The number of hydrogen-bond donors (Lipinski definition) is 0. The lowest BCUT2D eigenvalue weighted by Crippen LogP contribution is -2.30. The number of rotatable bonds is 2. The molecule has 2 aromatic heterocycles. The zero-order valence-electron chi connectivity index (χ0n) is 9.82. The summed E-state index contributed by atoms with van der Waals surface area (Å²) in [5.74, 6) is 0.0563. The number of amides is 1. The van der Waals surface area contributed by atoms with Crippen molar-refractivity contribution in [2.45, 2.75) is 18.9 Å². The van der Waals surface area contributed by atoms with Crippen LogP contribution in [0.4, 0.5) is 0 Å². The van der Waals surface area contributed by atoms with Crippen molar-refractivity contribution in [1.82, 2.24) is 14.9 Å². The number of carbonyl (C=O) groups is 1. The summed E-state index contributed by atoms with van der Waals surface area (Å²) in [6, 6.07) is 3.74. The van der Waals surface area contributed by atoms with Crippen molar-refractivity contribution in [2.24, 2.45) is 0 Å². The minimum atomic E-state index is 0.0563. The molecule has 0 saturated carbocycles. The predicted octanol–water partition coefficient (Wildman–Crippen LogP) is 2.52. The highest BCUT2D eigenvalue weighted by molar-refractivity contribution is 7.09. The second kappa shape index (κ2) is 4.86. The van der Waals surface area contributed by atoms with Crippen LogP contribution in [0.5, 0.6) is 0 Å². The smallest absolute Gasteiger partial charge is 0.256 e. The maximum atomic E-state index is 12.4. The summed E-state index contributed by atoms with van der Waals surface area (Å²) in [6.07, 6.45) is 7.14. The van der Waals surface area contributed by atoms with Crippen molar-refractivity contribution < 1.29 is 4.79 Å². The Hall–Kier alpha value is -1.75. The quantitative estimate of drug-likeness (QED) is 0.832. The normalized spacial score (nSPS) is 19.1. The van der Waals surface area contributed by atoms with Gasteiger partial charge in [-0.25, -0.2) is 4.98 Å². The Balaban J connectivity index is 1.85. The predicted molar refractivity (Wildman–Crippen MR) is 69.4 cm³/mol. The molecule has 0 spiro atoms. The van der Waals surface area contributed by atoms with Gasteiger partial charge in [-0.15, -0.1) is 11.3 Å². The molecule has 18 heavy (non-hydrogen) atoms. The molecule has 3 heterocycles. The summed E-state index contributed by atoms with van der Waals surface area (Å²) in [5, 5.41) is 2.99. The van der Waals surface area contributed by atoms with Crippen molar-refractivity contribution >= 4 is 17.2 Å². The number of carbonyl (C=O) groups excluding carboxylic acids is 1. The van der Waals surface area contributed by atoms with Gasteiger partial charge in [0.15, 0.2) is 0 Å². The first-order valence-electron chi connectivity index (χ1n) is 5.96. The van der Waals surface area contributed by atoms with Crippen LogP contribution in [0.1, 0.15) is 34.2 Å². The lowest BCUT2D eigenvalue weighted by Gasteiger charge is -2.22. The molecule has 0 bridgehead atoms. The number of nitrogens with zero attached hydrogens (tertiary/aromatic N) is 3. The van der Waals surface area contributed by atoms with Gasteiger partial charge in [-0.05, 0) is 25.0 Å². The van der Waals surface area contributed by atoms with E-state index in [4.69, 9.17) is 0 Å². The van der Waals surface area contributed by atoms with Gasteiger partial charge in [-0.1, -0.05) is 0 Å². The molecule has 3 rings (SSSR count). The summed E-state index contributed by atoms with van der Waals surface area (Å²) in [4.78, 5) is 22.7. The topological polar surface area (TPSA) is 46.1 Å². The fourth-order valence-electron chi connectivity index (χ4n) is 2.32. The third kappa shape index (κ3) is 2.01. The number of aromatic nitrogens is 2. The summed E-state index contributed by atoms with van der Waals surface area (Å²) < 4.78 is 0. The average Bonchev–Trinajstić information content (AvgIpc) is 3.09. The molecular formula is C13H13N3OS. The highest BCUT2D eigenvalue weighted by atomic mass is 32.1. The molecule has 1 amide bonds. The van der Waals surface area contributed by atoms with Gasteiger partial charge in [-0.2, -0.15) is 0 Å². The standard InChI is InChI=1S/C13H13N3OS/c17-13(10-3-1-5-14-9-10)16-7-2-4-11(16)12-15-6-8-18-12/h1,3,5-6,8-9,11H,2,4,7H2. The molecule has 1 aliphatic rings. The Morgan fingerprint density at radius 2 is 2.39 bits per heavy atom. The van der Waals surface area contributed by atoms with Gasteiger partial charge in [0, 0.05) is 30.5 Å². The van der Waals surface area contributed by atoms with Crippen LogP contribution in [-0.4, -0.2) is 27.3 Å². The number of pyridine rings is 1. The minimum Gasteiger partial charge on any atom is -0.329 e. The highest BCUT2D eigenvalue weighted by Gasteiger charge is 2.32. The molecule has 0 aliphatic carbocycles. The van der Waals surface area contributed by atoms with Crippen molar-refractivity contribution in [3.63, 3.8) is 0 Å². The van der Waals surface area contributed by atoms with Crippen LogP contribution in [0.2, 0.25) is 0 Å². The zero-order chi connectivity index (χ0) is 12.4. The lowest BCUT2D eigenvalue weighted by atomic mass is 10.2. The van der Waals surface area contributed by atoms with E-state index >= 15 is 0 Å². The first-order chi connectivity index (χ1) is 8.86. The maximum Gasteiger partial charge on any atom is 0.256 e. The largest absolute Gasteiger partial charge is 0.329 e. The molecule has 1 aliphatic heterocycles. The van der Waals surface area contributed by atoms with Crippen molar-refractivity contribution in [1.29, 1.82) is 0 Å². The summed E-state index contributed by atoms with van der Waals surface area (Å²) in [5.41, 5.74) is 0.654. The molecule has 0 N–H and O–H groups in total. The Kier molecular flexibility index (Phi) is 3.06. The Morgan fingerprint density at radius 1 is 1.44 bits per heavy atom. The van der Waals surface area contributed by atoms with Crippen LogP contribution in [-0.2, 0) is 0 Å². The van der Waals surface area contributed by atoms with Gasteiger partial charge in [0.2, 0.25) is 0 Å². The molecular weight excluding hydrogens is 246 g/mol. The van der Waals surface area contributed by atoms with Crippen LogP contribution in [0.3, 0.4) is 0 Å². The number of hydrogen-bond acceptors (Lipinski definition) is 4. The van der Waals surface area contributed by atoms with E-state index in [-0.39, 0.29) is 11.9 Å². The SMILES string of the molecule is O=C(c1cccnc1)N1CCCC1c1nccs1. The summed E-state index contributed by atoms with van der Waals surface area (Å²) in [6.45, 7) is 0.804. The van der Waals surface area contributed by atoms with E-state index in [2.05, 4.69) is 9.97 Å². The molecule has 1 fully saturated rings. The molecule has 92 valence electrons. The lowest BCUT2D eigenvalue weighted by molar-refractivity contribution is 0.0735. The Labute approximate surface area is 109 Å². The molecule has 5 heteroatoms. The third-order valence-electron chi connectivity index (χ3n) is 3.16. The second-order valence-electron chi connectivity index (χ2n) is 4.27. The van der Waals surface area contributed by atoms with Gasteiger partial charge in [0.05, 0.1) is 11.6 Å². The average molecular weight is 259 g/mol. The zero-order valence-corrected chi connectivity index (χ0v) is 10.6. The molecule has 0 aromatic carbocycles. The van der Waals surface area contributed by atoms with Gasteiger partial charge in [0.1, 0.15) is 5.01 Å². The maximum absolute atomic E-state index is 12.4. The van der Waals surface area contributed by atoms with E-state index < -0.39 is 0 Å². The number of likely N-dealkylation sites (tertiary alicyclic amines) is 1. The van der Waals surface area contributed by atoms with E-state index in [1.165, 1.54) is 0 Å². The molecule has 0 radical (unpaired) electrons. The summed E-state index contributed by atoms with van der Waals surface area (Å²) >= 11 is 1.62. The van der Waals surface area contributed by atoms with Crippen molar-refractivity contribution in [3.05, 3.63) is 46.7 Å². The Bertz CT molecular complexity index is 526. The van der Waals surface area contributed by atoms with E-state index in [0.717, 1.165) is 24.4 Å². The first-order valence-corrected chi connectivity index (χ1v) is 6.84. The van der Waals surface area contributed by atoms with E-state index in [9.17, 15) is 4.79 Å². The molecule has 4 nitrogen and oxygen atoms in total. The first kappa shape index (κ1) is 11.3. The van der Waals surface area contributed by atoms with Crippen LogP contribution in [0, 0.1) is 0 Å². The minimum absolute atomic E-state index is 0.0563.